The largest absolute Gasteiger partial charge is 0.467 e. The minimum atomic E-state index is -1.55. The molecule has 1 atom stereocenters. The molecule has 0 fully saturated rings. The molecule has 0 saturated carbocycles. The Kier molecular flexibility index (Phi) is 3.43. The molecule has 1 unspecified atom stereocenters. The van der Waals surface area contributed by atoms with Crippen molar-refractivity contribution >= 4 is 17.6 Å². The van der Waals surface area contributed by atoms with Gasteiger partial charge in [0, 0.05) is 5.56 Å². The SMILES string of the molecule is COC(=O)C(O)c1cccc(F)c1Cl. The fourth-order valence-corrected chi connectivity index (χ4v) is 1.20. The van der Waals surface area contributed by atoms with Crippen molar-refractivity contribution in [1.82, 2.24) is 0 Å². The zero-order chi connectivity index (χ0) is 10.7. The molecule has 1 N–H and O–H groups in total. The number of halogens is 2. The number of carbonyl (C=O) groups excluding carboxylic acids is 1. The molecule has 0 heterocycles. The molecule has 0 amide bonds. The maximum Gasteiger partial charge on any atom is 0.339 e. The molecule has 1 aromatic carbocycles. The van der Waals surface area contributed by atoms with E-state index in [0.717, 1.165) is 13.2 Å². The van der Waals surface area contributed by atoms with Crippen LogP contribution < -0.4 is 0 Å². The maximum atomic E-state index is 12.9. The predicted molar refractivity (Wildman–Crippen MR) is 48.4 cm³/mol. The minimum Gasteiger partial charge on any atom is -0.467 e. The van der Waals surface area contributed by atoms with Crippen LogP contribution in [0.2, 0.25) is 5.02 Å². The zero-order valence-corrected chi connectivity index (χ0v) is 8.08. The average Bonchev–Trinajstić information content (AvgIpc) is 2.20. The van der Waals surface area contributed by atoms with E-state index in [-0.39, 0.29) is 10.6 Å². The number of carbonyl (C=O) groups is 1. The normalized spacial score (nSPS) is 12.3. The van der Waals surface area contributed by atoms with Crippen LogP contribution >= 0.6 is 11.6 Å². The summed E-state index contributed by atoms with van der Waals surface area (Å²) in [5, 5.41) is 9.10. The Hall–Kier alpha value is -1.13. The lowest BCUT2D eigenvalue weighted by Gasteiger charge is -2.10. The molecule has 0 aliphatic carbocycles. The van der Waals surface area contributed by atoms with Gasteiger partial charge >= 0.3 is 5.97 Å². The molecular formula is C9H8ClFO3. The van der Waals surface area contributed by atoms with E-state index in [2.05, 4.69) is 4.74 Å². The van der Waals surface area contributed by atoms with Gasteiger partial charge in [0.25, 0.3) is 0 Å². The third-order valence-corrected chi connectivity index (χ3v) is 2.10. The number of ether oxygens (including phenoxy) is 1. The van der Waals surface area contributed by atoms with Crippen LogP contribution in [-0.4, -0.2) is 18.2 Å². The van der Waals surface area contributed by atoms with Crippen LogP contribution in [0, 0.1) is 5.82 Å². The van der Waals surface area contributed by atoms with Crippen molar-refractivity contribution in [2.24, 2.45) is 0 Å². The summed E-state index contributed by atoms with van der Waals surface area (Å²) < 4.78 is 17.2. The van der Waals surface area contributed by atoms with E-state index in [1.165, 1.54) is 12.1 Å². The van der Waals surface area contributed by atoms with Crippen molar-refractivity contribution in [3.8, 4) is 0 Å². The van der Waals surface area contributed by atoms with Crippen LogP contribution in [0.3, 0.4) is 0 Å². The lowest BCUT2D eigenvalue weighted by atomic mass is 10.1. The van der Waals surface area contributed by atoms with Gasteiger partial charge in [0.05, 0.1) is 12.1 Å². The summed E-state index contributed by atoms with van der Waals surface area (Å²) in [6, 6.07) is 3.84. The Balaban J connectivity index is 3.07. The van der Waals surface area contributed by atoms with Crippen LogP contribution in [-0.2, 0) is 9.53 Å². The Bertz CT molecular complexity index is 354. The summed E-state index contributed by atoms with van der Waals surface area (Å²) in [4.78, 5) is 10.9. The number of rotatable bonds is 2. The van der Waals surface area contributed by atoms with Crippen LogP contribution in [0.5, 0.6) is 0 Å². The van der Waals surface area contributed by atoms with E-state index in [1.807, 2.05) is 0 Å². The van der Waals surface area contributed by atoms with E-state index in [0.29, 0.717) is 0 Å². The summed E-state index contributed by atoms with van der Waals surface area (Å²) in [6.07, 6.45) is -1.55. The van der Waals surface area contributed by atoms with Crippen molar-refractivity contribution in [3.63, 3.8) is 0 Å². The lowest BCUT2D eigenvalue weighted by molar-refractivity contribution is -0.150. The summed E-state index contributed by atoms with van der Waals surface area (Å²) >= 11 is 5.55. The predicted octanol–water partition coefficient (Wildman–Crippen LogP) is 1.69. The van der Waals surface area contributed by atoms with Crippen LogP contribution in [0.15, 0.2) is 18.2 Å². The van der Waals surface area contributed by atoms with E-state index < -0.39 is 17.9 Å². The molecule has 0 aliphatic heterocycles. The van der Waals surface area contributed by atoms with Crippen LogP contribution in [0.1, 0.15) is 11.7 Å². The first-order chi connectivity index (χ1) is 6.57. The molecule has 5 heteroatoms. The third kappa shape index (κ3) is 2.02. The molecule has 0 aliphatic rings. The van der Waals surface area contributed by atoms with Gasteiger partial charge in [-0.3, -0.25) is 0 Å². The van der Waals surface area contributed by atoms with Gasteiger partial charge in [0.1, 0.15) is 5.82 Å². The monoisotopic (exact) mass is 218 g/mol. The second-order valence-electron chi connectivity index (χ2n) is 2.57. The van der Waals surface area contributed by atoms with Gasteiger partial charge in [-0.2, -0.15) is 0 Å². The van der Waals surface area contributed by atoms with Gasteiger partial charge in [-0.1, -0.05) is 23.7 Å². The Morgan fingerprint density at radius 3 is 2.86 bits per heavy atom. The maximum absolute atomic E-state index is 12.9. The number of aliphatic hydroxyl groups excluding tert-OH is 1. The van der Waals surface area contributed by atoms with Gasteiger partial charge in [0.2, 0.25) is 0 Å². The number of methoxy groups -OCH3 is 1. The first-order valence-electron chi connectivity index (χ1n) is 3.77. The quantitative estimate of drug-likeness (QED) is 0.769. The van der Waals surface area contributed by atoms with Crippen LogP contribution in [0.4, 0.5) is 4.39 Å². The first kappa shape index (κ1) is 10.9. The highest BCUT2D eigenvalue weighted by molar-refractivity contribution is 6.31. The van der Waals surface area contributed by atoms with E-state index in [4.69, 9.17) is 11.6 Å². The Morgan fingerprint density at radius 1 is 1.64 bits per heavy atom. The summed E-state index contributed by atoms with van der Waals surface area (Å²) in [5.74, 6) is -1.57. The fourth-order valence-electron chi connectivity index (χ4n) is 0.970. The number of aliphatic hydroxyl groups is 1. The second-order valence-corrected chi connectivity index (χ2v) is 2.95. The van der Waals surface area contributed by atoms with Crippen molar-refractivity contribution in [1.29, 1.82) is 0 Å². The van der Waals surface area contributed by atoms with E-state index in [9.17, 15) is 14.3 Å². The molecule has 3 nitrogen and oxygen atoms in total. The third-order valence-electron chi connectivity index (χ3n) is 1.70. The van der Waals surface area contributed by atoms with Gasteiger partial charge in [0.15, 0.2) is 6.10 Å². The summed E-state index contributed by atoms with van der Waals surface area (Å²) in [7, 11) is 1.12. The Morgan fingerprint density at radius 2 is 2.29 bits per heavy atom. The average molecular weight is 219 g/mol. The molecule has 0 saturated heterocycles. The number of esters is 1. The van der Waals surface area contributed by atoms with E-state index in [1.54, 1.807) is 0 Å². The zero-order valence-electron chi connectivity index (χ0n) is 7.33. The topological polar surface area (TPSA) is 46.5 Å². The van der Waals surface area contributed by atoms with Gasteiger partial charge in [-0.25, -0.2) is 9.18 Å². The molecule has 0 radical (unpaired) electrons. The fraction of sp³-hybridized carbons (Fsp3) is 0.222. The molecular weight excluding hydrogens is 211 g/mol. The van der Waals surface area contributed by atoms with Crippen molar-refractivity contribution in [3.05, 3.63) is 34.6 Å². The molecule has 1 aromatic rings. The molecule has 0 spiro atoms. The molecule has 76 valence electrons. The number of hydrogen-bond acceptors (Lipinski definition) is 3. The van der Waals surface area contributed by atoms with Gasteiger partial charge in [-0.05, 0) is 6.07 Å². The van der Waals surface area contributed by atoms with E-state index >= 15 is 0 Å². The first-order valence-corrected chi connectivity index (χ1v) is 4.15. The van der Waals surface area contributed by atoms with Crippen molar-refractivity contribution in [2.75, 3.05) is 7.11 Å². The number of benzene rings is 1. The molecule has 0 bridgehead atoms. The summed E-state index contributed by atoms with van der Waals surface area (Å²) in [6.45, 7) is 0. The molecule has 14 heavy (non-hydrogen) atoms. The molecule has 1 rings (SSSR count). The second kappa shape index (κ2) is 4.39. The highest BCUT2D eigenvalue weighted by atomic mass is 35.5. The smallest absolute Gasteiger partial charge is 0.339 e. The summed E-state index contributed by atoms with van der Waals surface area (Å²) in [5.41, 5.74) is -0.00137. The highest BCUT2D eigenvalue weighted by Crippen LogP contribution is 2.25. The van der Waals surface area contributed by atoms with Crippen LogP contribution in [0.25, 0.3) is 0 Å². The number of hydrogen-bond donors (Lipinski definition) is 1. The Labute approximate surface area is 85.1 Å². The van der Waals surface area contributed by atoms with Crippen molar-refractivity contribution < 1.29 is 19.0 Å². The standard InChI is InChI=1S/C9H8ClFO3/c1-14-9(13)8(12)5-3-2-4-6(11)7(5)10/h2-4,8,12H,1H3. The van der Waals surface area contributed by atoms with Gasteiger partial charge < -0.3 is 9.84 Å². The van der Waals surface area contributed by atoms with Crippen molar-refractivity contribution in [2.45, 2.75) is 6.10 Å². The minimum absolute atomic E-state index is 0.00137. The highest BCUT2D eigenvalue weighted by Gasteiger charge is 2.21. The lowest BCUT2D eigenvalue weighted by Crippen LogP contribution is -2.14. The van der Waals surface area contributed by atoms with Gasteiger partial charge in [-0.15, -0.1) is 0 Å². The molecule has 0 aromatic heterocycles.